The number of rotatable bonds is 4. The third kappa shape index (κ3) is 4.04. The summed E-state index contributed by atoms with van der Waals surface area (Å²) in [6.07, 6.45) is 4.96. The van der Waals surface area contributed by atoms with Gasteiger partial charge < -0.3 is 10.6 Å². The van der Waals surface area contributed by atoms with E-state index in [9.17, 15) is 9.18 Å². The van der Waals surface area contributed by atoms with Crippen LogP contribution in [0.25, 0.3) is 0 Å². The second-order valence-corrected chi connectivity index (χ2v) is 5.79. The molecule has 0 aliphatic heterocycles. The first kappa shape index (κ1) is 15.0. The van der Waals surface area contributed by atoms with Crippen molar-refractivity contribution in [1.29, 1.82) is 0 Å². The fraction of sp³-hybridized carbons (Fsp3) is 0.562. The Kier molecular flexibility index (Phi) is 5.12. The Hall–Kier alpha value is -1.42. The minimum atomic E-state index is -0.254. The summed E-state index contributed by atoms with van der Waals surface area (Å²) >= 11 is 0. The van der Waals surface area contributed by atoms with Crippen LogP contribution in [0.4, 0.5) is 4.39 Å². The summed E-state index contributed by atoms with van der Waals surface area (Å²) in [5, 5.41) is 0. The van der Waals surface area contributed by atoms with Crippen LogP contribution in [0, 0.1) is 11.7 Å². The largest absolute Gasteiger partial charge is 0.341 e. The molecule has 1 aliphatic rings. The molecule has 110 valence electrons. The highest BCUT2D eigenvalue weighted by Crippen LogP contribution is 2.26. The normalized spacial score (nSPS) is 22.6. The van der Waals surface area contributed by atoms with E-state index in [1.807, 2.05) is 0 Å². The molecule has 0 saturated heterocycles. The fourth-order valence-corrected chi connectivity index (χ4v) is 2.82. The molecule has 0 heterocycles. The van der Waals surface area contributed by atoms with E-state index in [2.05, 4.69) is 0 Å². The Labute approximate surface area is 120 Å². The first-order chi connectivity index (χ1) is 9.56. The van der Waals surface area contributed by atoms with Gasteiger partial charge in [0.2, 0.25) is 5.91 Å². The number of hydrogen-bond acceptors (Lipinski definition) is 2. The van der Waals surface area contributed by atoms with Crippen LogP contribution < -0.4 is 5.73 Å². The minimum absolute atomic E-state index is 0.122. The van der Waals surface area contributed by atoms with Gasteiger partial charge in [-0.1, -0.05) is 25.0 Å². The summed E-state index contributed by atoms with van der Waals surface area (Å²) in [5.41, 5.74) is 7.02. The molecule has 0 aromatic heterocycles. The topological polar surface area (TPSA) is 46.3 Å². The van der Waals surface area contributed by atoms with E-state index < -0.39 is 0 Å². The van der Waals surface area contributed by atoms with Crippen molar-refractivity contribution in [3.8, 4) is 0 Å². The van der Waals surface area contributed by atoms with E-state index in [0.29, 0.717) is 18.9 Å². The number of halogens is 1. The van der Waals surface area contributed by atoms with Gasteiger partial charge in [0.05, 0.1) is 0 Å². The van der Waals surface area contributed by atoms with E-state index in [-0.39, 0.29) is 17.8 Å². The highest BCUT2D eigenvalue weighted by atomic mass is 19.1. The summed E-state index contributed by atoms with van der Waals surface area (Å²) in [6.45, 7) is 0.515. The molecule has 1 amide bonds. The number of nitrogens with zero attached hydrogens (tertiary/aromatic N) is 1. The van der Waals surface area contributed by atoms with E-state index in [1.165, 1.54) is 25.0 Å². The van der Waals surface area contributed by atoms with Crippen molar-refractivity contribution in [2.24, 2.45) is 11.7 Å². The van der Waals surface area contributed by atoms with E-state index in [0.717, 1.165) is 18.4 Å². The molecule has 20 heavy (non-hydrogen) atoms. The van der Waals surface area contributed by atoms with Crippen molar-refractivity contribution in [1.82, 2.24) is 4.90 Å². The average molecular weight is 278 g/mol. The van der Waals surface area contributed by atoms with Crippen molar-refractivity contribution in [3.05, 3.63) is 35.6 Å². The van der Waals surface area contributed by atoms with Crippen LogP contribution >= 0.6 is 0 Å². The zero-order valence-electron chi connectivity index (χ0n) is 12.0. The predicted octanol–water partition coefficient (Wildman–Crippen LogP) is 2.69. The first-order valence-electron chi connectivity index (χ1n) is 7.30. The van der Waals surface area contributed by atoms with Gasteiger partial charge in [-0.2, -0.15) is 0 Å². The standard InChI is InChI=1S/C16H23FN2O/c1-19(11-12-6-8-14(17)9-7-12)16(20)10-13-4-2-3-5-15(13)18/h6-9,13,15H,2-5,10-11,18H2,1H3. The zero-order chi connectivity index (χ0) is 14.5. The summed E-state index contributed by atoms with van der Waals surface area (Å²) in [5.74, 6) is 0.180. The van der Waals surface area contributed by atoms with Gasteiger partial charge in [0.15, 0.2) is 0 Å². The maximum Gasteiger partial charge on any atom is 0.222 e. The summed E-state index contributed by atoms with van der Waals surface area (Å²) < 4.78 is 12.8. The van der Waals surface area contributed by atoms with Crippen molar-refractivity contribution < 1.29 is 9.18 Å². The Balaban J connectivity index is 1.86. The Morgan fingerprint density at radius 3 is 2.60 bits per heavy atom. The third-order valence-corrected chi connectivity index (χ3v) is 4.16. The lowest BCUT2D eigenvalue weighted by molar-refractivity contribution is -0.131. The number of benzene rings is 1. The minimum Gasteiger partial charge on any atom is -0.341 e. The summed E-state index contributed by atoms with van der Waals surface area (Å²) in [6, 6.07) is 6.43. The summed E-state index contributed by atoms with van der Waals surface area (Å²) in [7, 11) is 1.79. The number of nitrogens with two attached hydrogens (primary N) is 1. The van der Waals surface area contributed by atoms with Crippen LogP contribution in [0.5, 0.6) is 0 Å². The van der Waals surface area contributed by atoms with Crippen LogP contribution in [-0.4, -0.2) is 23.9 Å². The SMILES string of the molecule is CN(Cc1ccc(F)cc1)C(=O)CC1CCCCC1N. The monoisotopic (exact) mass is 278 g/mol. The number of carbonyl (C=O) groups is 1. The van der Waals surface area contributed by atoms with Gasteiger partial charge in [-0.05, 0) is 36.5 Å². The lowest BCUT2D eigenvalue weighted by atomic mass is 9.83. The second kappa shape index (κ2) is 6.84. The van der Waals surface area contributed by atoms with E-state index >= 15 is 0 Å². The van der Waals surface area contributed by atoms with Gasteiger partial charge >= 0.3 is 0 Å². The molecule has 4 heteroatoms. The lowest BCUT2D eigenvalue weighted by Crippen LogP contribution is -2.37. The van der Waals surface area contributed by atoms with Gasteiger partial charge in [0, 0.05) is 26.1 Å². The van der Waals surface area contributed by atoms with Crippen LogP contribution in [0.3, 0.4) is 0 Å². The molecular formula is C16H23FN2O. The first-order valence-corrected chi connectivity index (χ1v) is 7.30. The van der Waals surface area contributed by atoms with Crippen LogP contribution in [-0.2, 0) is 11.3 Å². The van der Waals surface area contributed by atoms with Gasteiger partial charge in [-0.25, -0.2) is 4.39 Å². The van der Waals surface area contributed by atoms with Crippen LogP contribution in [0.2, 0.25) is 0 Å². The van der Waals surface area contributed by atoms with Crippen LogP contribution in [0.1, 0.15) is 37.7 Å². The molecule has 1 aliphatic carbocycles. The Morgan fingerprint density at radius 1 is 1.30 bits per heavy atom. The molecule has 2 unspecified atom stereocenters. The molecule has 0 bridgehead atoms. The quantitative estimate of drug-likeness (QED) is 0.920. The van der Waals surface area contributed by atoms with Crippen molar-refractivity contribution in [2.45, 2.75) is 44.7 Å². The predicted molar refractivity (Wildman–Crippen MR) is 77.4 cm³/mol. The zero-order valence-corrected chi connectivity index (χ0v) is 12.0. The second-order valence-electron chi connectivity index (χ2n) is 5.79. The lowest BCUT2D eigenvalue weighted by Gasteiger charge is -2.29. The van der Waals surface area contributed by atoms with Gasteiger partial charge in [-0.15, -0.1) is 0 Å². The average Bonchev–Trinajstić information content (AvgIpc) is 2.44. The Morgan fingerprint density at radius 2 is 1.95 bits per heavy atom. The molecular weight excluding hydrogens is 255 g/mol. The van der Waals surface area contributed by atoms with E-state index in [1.54, 1.807) is 24.1 Å². The molecule has 2 N–H and O–H groups in total. The molecule has 3 nitrogen and oxygen atoms in total. The molecule has 1 fully saturated rings. The molecule has 0 radical (unpaired) electrons. The van der Waals surface area contributed by atoms with E-state index in [4.69, 9.17) is 5.73 Å². The molecule has 1 aromatic rings. The molecule has 2 rings (SSSR count). The molecule has 1 aromatic carbocycles. The number of carbonyl (C=O) groups excluding carboxylic acids is 1. The fourth-order valence-electron chi connectivity index (χ4n) is 2.82. The van der Waals surface area contributed by atoms with Crippen LogP contribution in [0.15, 0.2) is 24.3 Å². The smallest absolute Gasteiger partial charge is 0.222 e. The molecule has 1 saturated carbocycles. The highest BCUT2D eigenvalue weighted by Gasteiger charge is 2.25. The van der Waals surface area contributed by atoms with Crippen molar-refractivity contribution in [3.63, 3.8) is 0 Å². The van der Waals surface area contributed by atoms with Gasteiger partial charge in [-0.3, -0.25) is 4.79 Å². The third-order valence-electron chi connectivity index (χ3n) is 4.16. The molecule has 0 spiro atoms. The maximum absolute atomic E-state index is 12.8. The number of hydrogen-bond donors (Lipinski definition) is 1. The van der Waals surface area contributed by atoms with Crippen molar-refractivity contribution >= 4 is 5.91 Å². The summed E-state index contributed by atoms with van der Waals surface area (Å²) in [4.78, 5) is 13.9. The van der Waals surface area contributed by atoms with Gasteiger partial charge in [0.1, 0.15) is 5.82 Å². The van der Waals surface area contributed by atoms with Gasteiger partial charge in [0.25, 0.3) is 0 Å². The van der Waals surface area contributed by atoms with Crippen molar-refractivity contribution in [2.75, 3.05) is 7.05 Å². The number of amides is 1. The molecule has 2 atom stereocenters. The Bertz CT molecular complexity index is 446. The highest BCUT2D eigenvalue weighted by molar-refractivity contribution is 5.76. The maximum atomic E-state index is 12.8.